The Balaban J connectivity index is 1.36. The van der Waals surface area contributed by atoms with Crippen LogP contribution in [-0.2, 0) is 17.6 Å². The molecule has 0 fully saturated rings. The minimum Gasteiger partial charge on any atom is -0.312 e. The number of anilines is 3. The first kappa shape index (κ1) is 19.4. The normalized spacial score (nSPS) is 12.9. The fraction of sp³-hybridized carbons (Fsp3) is 0.190. The highest BCUT2D eigenvalue weighted by molar-refractivity contribution is 7.14. The van der Waals surface area contributed by atoms with Crippen LogP contribution in [0.15, 0.2) is 53.9 Å². The number of fused-ring (bicyclic) bond motifs is 1. The Hall–Kier alpha value is -2.90. The molecule has 0 saturated carbocycles. The molecule has 8 heteroatoms. The molecule has 0 atom stereocenters. The van der Waals surface area contributed by atoms with Crippen LogP contribution in [-0.4, -0.2) is 23.5 Å². The van der Waals surface area contributed by atoms with Crippen LogP contribution in [0.25, 0.3) is 0 Å². The van der Waals surface area contributed by atoms with Gasteiger partial charge in [0.15, 0.2) is 5.13 Å². The van der Waals surface area contributed by atoms with E-state index in [4.69, 9.17) is 11.6 Å². The lowest BCUT2D eigenvalue weighted by Crippen LogP contribution is -2.36. The van der Waals surface area contributed by atoms with Gasteiger partial charge in [-0.2, -0.15) is 0 Å². The van der Waals surface area contributed by atoms with E-state index < -0.39 is 6.03 Å². The van der Waals surface area contributed by atoms with Crippen molar-refractivity contribution in [2.24, 2.45) is 0 Å². The summed E-state index contributed by atoms with van der Waals surface area (Å²) in [5.74, 6) is 0.0135. The lowest BCUT2D eigenvalue weighted by Gasteiger charge is -2.29. The number of hydrogen-bond acceptors (Lipinski definition) is 4. The molecule has 0 aliphatic carbocycles. The number of aromatic nitrogens is 1. The molecule has 4 rings (SSSR count). The molecule has 0 bridgehead atoms. The average molecular weight is 427 g/mol. The summed E-state index contributed by atoms with van der Waals surface area (Å²) in [4.78, 5) is 31.1. The monoisotopic (exact) mass is 426 g/mol. The third-order valence-corrected chi connectivity index (χ3v) is 5.68. The predicted molar refractivity (Wildman–Crippen MR) is 117 cm³/mol. The van der Waals surface area contributed by atoms with Crippen LogP contribution in [0.2, 0.25) is 5.02 Å². The van der Waals surface area contributed by atoms with Crippen LogP contribution >= 0.6 is 22.9 Å². The van der Waals surface area contributed by atoms with Gasteiger partial charge in [0.2, 0.25) is 5.91 Å². The van der Waals surface area contributed by atoms with Gasteiger partial charge in [-0.15, -0.1) is 11.3 Å². The summed E-state index contributed by atoms with van der Waals surface area (Å²) >= 11 is 7.13. The predicted octanol–water partition coefficient (Wildman–Crippen LogP) is 4.96. The van der Waals surface area contributed by atoms with Crippen LogP contribution in [0.3, 0.4) is 0 Å². The van der Waals surface area contributed by atoms with E-state index in [-0.39, 0.29) is 12.3 Å². The van der Waals surface area contributed by atoms with Crippen molar-refractivity contribution in [2.75, 3.05) is 22.1 Å². The molecule has 29 heavy (non-hydrogen) atoms. The topological polar surface area (TPSA) is 74.3 Å². The largest absolute Gasteiger partial charge is 0.325 e. The molecule has 0 radical (unpaired) electrons. The van der Waals surface area contributed by atoms with Crippen LogP contribution < -0.4 is 15.5 Å². The van der Waals surface area contributed by atoms with Crippen LogP contribution in [0, 0.1) is 0 Å². The zero-order valence-electron chi connectivity index (χ0n) is 15.5. The number of thiazole rings is 1. The summed E-state index contributed by atoms with van der Waals surface area (Å²) in [5, 5.41) is 8.25. The summed E-state index contributed by atoms with van der Waals surface area (Å²) in [6.07, 6.45) is 2.15. The minimum atomic E-state index is -0.399. The van der Waals surface area contributed by atoms with E-state index in [2.05, 4.69) is 21.7 Å². The second-order valence-corrected chi connectivity index (χ2v) is 7.98. The third-order valence-electron chi connectivity index (χ3n) is 4.62. The van der Waals surface area contributed by atoms with Gasteiger partial charge in [-0.25, -0.2) is 9.78 Å². The first-order valence-electron chi connectivity index (χ1n) is 9.25. The maximum absolute atomic E-state index is 12.8. The maximum atomic E-state index is 12.8. The highest BCUT2D eigenvalue weighted by atomic mass is 35.5. The maximum Gasteiger partial charge on any atom is 0.325 e. The number of carbonyl (C=O) groups is 2. The quantitative estimate of drug-likeness (QED) is 0.619. The molecule has 2 aromatic carbocycles. The highest BCUT2D eigenvalue weighted by Gasteiger charge is 2.23. The number of aryl methyl sites for hydroxylation is 1. The number of amides is 3. The summed E-state index contributed by atoms with van der Waals surface area (Å²) in [6.45, 7) is 0.717. The highest BCUT2D eigenvalue weighted by Crippen LogP contribution is 2.27. The van der Waals surface area contributed by atoms with E-state index in [1.54, 1.807) is 29.6 Å². The van der Waals surface area contributed by atoms with Crippen molar-refractivity contribution >= 4 is 51.4 Å². The van der Waals surface area contributed by atoms with E-state index in [0.717, 1.165) is 18.5 Å². The Morgan fingerprint density at radius 2 is 1.90 bits per heavy atom. The summed E-state index contributed by atoms with van der Waals surface area (Å²) < 4.78 is 0. The second-order valence-electron chi connectivity index (χ2n) is 6.68. The number of para-hydroxylation sites is 1. The van der Waals surface area contributed by atoms with E-state index in [1.165, 1.54) is 16.9 Å². The number of nitrogens with zero attached hydrogens (tertiary/aromatic N) is 2. The first-order valence-corrected chi connectivity index (χ1v) is 10.5. The Bertz CT molecular complexity index is 1040. The van der Waals surface area contributed by atoms with Gasteiger partial charge in [0.25, 0.3) is 0 Å². The third kappa shape index (κ3) is 4.75. The molecule has 1 aromatic heterocycles. The van der Waals surface area contributed by atoms with Gasteiger partial charge in [0.1, 0.15) is 0 Å². The molecule has 3 amide bonds. The molecule has 0 unspecified atom stereocenters. The van der Waals surface area contributed by atoms with Crippen molar-refractivity contribution in [3.63, 3.8) is 0 Å². The molecule has 0 saturated heterocycles. The molecular formula is C21H19ClN4O2S. The lowest BCUT2D eigenvalue weighted by atomic mass is 10.0. The Morgan fingerprint density at radius 3 is 2.72 bits per heavy atom. The minimum absolute atomic E-state index is 0.0135. The molecule has 148 valence electrons. The number of rotatable bonds is 4. The molecule has 6 nitrogen and oxygen atoms in total. The van der Waals surface area contributed by atoms with Crippen molar-refractivity contribution < 1.29 is 9.59 Å². The second kappa shape index (κ2) is 8.63. The standard InChI is InChI=1S/C21H19ClN4O2S/c22-15-7-9-16(10-8-15)23-20(28)25-21-24-17(13-29-21)12-19(27)26-11-3-5-14-4-1-2-6-18(14)26/h1-2,4,6-10,13H,3,5,11-12H2,(H2,23,24,25,28). The number of carbonyl (C=O) groups excluding carboxylic acids is 2. The van der Waals surface area contributed by atoms with Crippen molar-refractivity contribution in [1.29, 1.82) is 0 Å². The van der Waals surface area contributed by atoms with Crippen molar-refractivity contribution in [1.82, 2.24) is 4.98 Å². The number of benzene rings is 2. The zero-order valence-corrected chi connectivity index (χ0v) is 17.1. The van der Waals surface area contributed by atoms with Crippen LogP contribution in [0.5, 0.6) is 0 Å². The van der Waals surface area contributed by atoms with Crippen molar-refractivity contribution in [2.45, 2.75) is 19.3 Å². The van der Waals surface area contributed by atoms with Gasteiger partial charge in [-0.05, 0) is 48.7 Å². The van der Waals surface area contributed by atoms with Crippen LogP contribution in [0.1, 0.15) is 17.7 Å². The summed E-state index contributed by atoms with van der Waals surface area (Å²) in [7, 11) is 0. The molecule has 3 aromatic rings. The van der Waals surface area contributed by atoms with Gasteiger partial charge in [-0.3, -0.25) is 10.1 Å². The number of hydrogen-bond donors (Lipinski definition) is 2. The van der Waals surface area contributed by atoms with E-state index in [1.807, 2.05) is 23.1 Å². The summed E-state index contributed by atoms with van der Waals surface area (Å²) in [5.41, 5.74) is 3.46. The molecule has 1 aliphatic heterocycles. The molecule has 0 spiro atoms. The SMILES string of the molecule is O=C(Nc1ccc(Cl)cc1)Nc1nc(CC(=O)N2CCCc3ccccc32)cs1. The van der Waals surface area contributed by atoms with Gasteiger partial charge in [0, 0.05) is 28.3 Å². The van der Waals surface area contributed by atoms with Gasteiger partial charge >= 0.3 is 6.03 Å². The van der Waals surface area contributed by atoms with E-state index in [9.17, 15) is 9.59 Å². The summed E-state index contributed by atoms with van der Waals surface area (Å²) in [6, 6.07) is 14.4. The molecule has 2 N–H and O–H groups in total. The van der Waals surface area contributed by atoms with Gasteiger partial charge in [0.05, 0.1) is 12.1 Å². The smallest absolute Gasteiger partial charge is 0.312 e. The van der Waals surface area contributed by atoms with Crippen molar-refractivity contribution in [3.05, 3.63) is 70.2 Å². The molecule has 2 heterocycles. The van der Waals surface area contributed by atoms with Crippen LogP contribution in [0.4, 0.5) is 21.3 Å². The Kier molecular flexibility index (Phi) is 5.78. The first-order chi connectivity index (χ1) is 14.1. The van der Waals surface area contributed by atoms with Gasteiger partial charge in [-0.1, -0.05) is 29.8 Å². The Morgan fingerprint density at radius 1 is 1.10 bits per heavy atom. The average Bonchev–Trinajstić information content (AvgIpc) is 3.15. The number of nitrogens with one attached hydrogen (secondary N) is 2. The van der Waals surface area contributed by atoms with Crippen molar-refractivity contribution in [3.8, 4) is 0 Å². The fourth-order valence-electron chi connectivity index (χ4n) is 3.28. The zero-order chi connectivity index (χ0) is 20.2. The van der Waals surface area contributed by atoms with E-state index in [0.29, 0.717) is 28.1 Å². The fourth-order valence-corrected chi connectivity index (χ4v) is 4.11. The number of halogens is 1. The van der Waals surface area contributed by atoms with Gasteiger partial charge < -0.3 is 10.2 Å². The Labute approximate surface area is 177 Å². The van der Waals surface area contributed by atoms with E-state index >= 15 is 0 Å². The molecular weight excluding hydrogens is 408 g/mol. The lowest BCUT2D eigenvalue weighted by molar-refractivity contribution is -0.118. The number of urea groups is 1. The molecule has 1 aliphatic rings.